The first-order valence-corrected chi connectivity index (χ1v) is 7.57. The smallest absolute Gasteiger partial charge is 0.387 e. The third kappa shape index (κ3) is 4.44. The van der Waals surface area contributed by atoms with E-state index in [9.17, 15) is 23.7 Å². The summed E-state index contributed by atoms with van der Waals surface area (Å²) in [4.78, 5) is 22.9. The maximum atomic E-state index is 12.5. The van der Waals surface area contributed by atoms with Gasteiger partial charge in [-0.1, -0.05) is 19.1 Å². The second kappa shape index (κ2) is 8.24. The van der Waals surface area contributed by atoms with Gasteiger partial charge in [-0.3, -0.25) is 14.9 Å². The summed E-state index contributed by atoms with van der Waals surface area (Å²) in [5, 5.41) is 13.8. The Labute approximate surface area is 147 Å². The minimum Gasteiger partial charge on any atom is -0.493 e. The molecule has 0 aromatic heterocycles. The number of halogens is 2. The molecule has 0 bridgehead atoms. The van der Waals surface area contributed by atoms with Crippen LogP contribution in [0.15, 0.2) is 36.4 Å². The average molecular weight is 366 g/mol. The zero-order chi connectivity index (χ0) is 19.3. The van der Waals surface area contributed by atoms with Gasteiger partial charge in [0.25, 0.3) is 11.6 Å². The van der Waals surface area contributed by atoms with Crippen LogP contribution in [0.25, 0.3) is 0 Å². The lowest BCUT2D eigenvalue weighted by Crippen LogP contribution is -2.15. The SMILES string of the molecule is CCc1cccc(NC(=O)c2cc(OC)c(OC(F)F)cc2[N+](=O)[O-])c1. The van der Waals surface area contributed by atoms with Crippen molar-refractivity contribution in [3.8, 4) is 11.5 Å². The highest BCUT2D eigenvalue weighted by molar-refractivity contribution is 6.07. The number of hydrogen-bond donors (Lipinski definition) is 1. The van der Waals surface area contributed by atoms with Gasteiger partial charge in [0, 0.05) is 11.8 Å². The zero-order valence-electron chi connectivity index (χ0n) is 14.0. The summed E-state index contributed by atoms with van der Waals surface area (Å²) in [6.07, 6.45) is 0.747. The van der Waals surface area contributed by atoms with Crippen LogP contribution >= 0.6 is 0 Å². The first-order chi connectivity index (χ1) is 12.3. The number of amides is 1. The van der Waals surface area contributed by atoms with E-state index in [2.05, 4.69) is 10.1 Å². The fourth-order valence-corrected chi connectivity index (χ4v) is 2.30. The van der Waals surface area contributed by atoms with E-state index in [0.29, 0.717) is 5.69 Å². The van der Waals surface area contributed by atoms with Crippen molar-refractivity contribution < 1.29 is 28.0 Å². The minimum absolute atomic E-state index is 0.219. The number of nitrogens with one attached hydrogen (secondary N) is 1. The number of alkyl halides is 2. The molecular weight excluding hydrogens is 350 g/mol. The van der Waals surface area contributed by atoms with Crippen molar-refractivity contribution >= 4 is 17.3 Å². The predicted molar refractivity (Wildman–Crippen MR) is 90.1 cm³/mol. The summed E-state index contributed by atoms with van der Waals surface area (Å²) < 4.78 is 34.0. The Morgan fingerprint density at radius 1 is 1.27 bits per heavy atom. The molecular formula is C17H16F2N2O5. The van der Waals surface area contributed by atoms with Crippen LogP contribution in [0.2, 0.25) is 0 Å². The van der Waals surface area contributed by atoms with Gasteiger partial charge in [0.2, 0.25) is 0 Å². The number of hydrogen-bond acceptors (Lipinski definition) is 5. The summed E-state index contributed by atoms with van der Waals surface area (Å²) in [6, 6.07) is 8.71. The van der Waals surface area contributed by atoms with Crippen LogP contribution in [0, 0.1) is 10.1 Å². The van der Waals surface area contributed by atoms with Crippen molar-refractivity contribution in [2.75, 3.05) is 12.4 Å². The van der Waals surface area contributed by atoms with Crippen molar-refractivity contribution in [2.45, 2.75) is 20.0 Å². The Hall–Kier alpha value is -3.23. The molecule has 0 fully saturated rings. The van der Waals surface area contributed by atoms with Crippen molar-refractivity contribution in [1.29, 1.82) is 0 Å². The highest BCUT2D eigenvalue weighted by atomic mass is 19.3. The van der Waals surface area contributed by atoms with E-state index in [0.717, 1.165) is 24.1 Å². The number of anilines is 1. The number of carbonyl (C=O) groups is 1. The van der Waals surface area contributed by atoms with Crippen molar-refractivity contribution in [3.63, 3.8) is 0 Å². The molecule has 0 spiro atoms. The van der Waals surface area contributed by atoms with Gasteiger partial charge in [-0.25, -0.2) is 0 Å². The third-order valence-electron chi connectivity index (χ3n) is 3.53. The van der Waals surface area contributed by atoms with Crippen LogP contribution in [-0.4, -0.2) is 24.6 Å². The largest absolute Gasteiger partial charge is 0.493 e. The molecule has 1 N–H and O–H groups in total. The second-order valence-corrected chi connectivity index (χ2v) is 5.16. The first kappa shape index (κ1) is 19.1. The first-order valence-electron chi connectivity index (χ1n) is 7.57. The normalized spacial score (nSPS) is 10.5. The fraction of sp³-hybridized carbons (Fsp3) is 0.235. The molecule has 9 heteroatoms. The average Bonchev–Trinajstić information content (AvgIpc) is 2.60. The highest BCUT2D eigenvalue weighted by Gasteiger charge is 2.26. The van der Waals surface area contributed by atoms with Crippen LogP contribution in [-0.2, 0) is 6.42 Å². The van der Waals surface area contributed by atoms with Gasteiger partial charge in [0.15, 0.2) is 11.5 Å². The Kier molecular flexibility index (Phi) is 6.05. The number of aryl methyl sites for hydroxylation is 1. The molecule has 0 radical (unpaired) electrons. The molecule has 0 saturated heterocycles. The van der Waals surface area contributed by atoms with Gasteiger partial charge in [0.1, 0.15) is 5.56 Å². The number of ether oxygens (including phenoxy) is 2. The van der Waals surface area contributed by atoms with Gasteiger partial charge in [0.05, 0.1) is 18.1 Å². The van der Waals surface area contributed by atoms with Crippen LogP contribution in [0.5, 0.6) is 11.5 Å². The van der Waals surface area contributed by atoms with Crippen molar-refractivity contribution in [3.05, 3.63) is 57.6 Å². The maximum Gasteiger partial charge on any atom is 0.387 e. The van der Waals surface area contributed by atoms with Crippen molar-refractivity contribution in [2.24, 2.45) is 0 Å². The topological polar surface area (TPSA) is 90.7 Å². The lowest BCUT2D eigenvalue weighted by molar-refractivity contribution is -0.385. The molecule has 0 atom stereocenters. The van der Waals surface area contributed by atoms with E-state index >= 15 is 0 Å². The number of rotatable bonds is 7. The summed E-state index contributed by atoms with van der Waals surface area (Å²) in [7, 11) is 1.17. The Bertz CT molecular complexity index is 827. The summed E-state index contributed by atoms with van der Waals surface area (Å²) in [6.45, 7) is -1.25. The van der Waals surface area contributed by atoms with Gasteiger partial charge in [-0.2, -0.15) is 8.78 Å². The summed E-state index contributed by atoms with van der Waals surface area (Å²) in [5.41, 5.74) is 0.409. The standard InChI is InChI=1S/C17H16F2N2O5/c1-3-10-5-4-6-11(7-10)20-16(22)12-8-14(25-2)15(26-17(18)19)9-13(12)21(23)24/h4-9,17H,3H2,1-2H3,(H,20,22). The number of methoxy groups -OCH3 is 1. The molecule has 7 nitrogen and oxygen atoms in total. The monoisotopic (exact) mass is 366 g/mol. The minimum atomic E-state index is -3.19. The van der Waals surface area contributed by atoms with Crippen molar-refractivity contribution in [1.82, 2.24) is 0 Å². The Morgan fingerprint density at radius 2 is 2.00 bits per heavy atom. The Morgan fingerprint density at radius 3 is 2.58 bits per heavy atom. The lowest BCUT2D eigenvalue weighted by atomic mass is 10.1. The molecule has 0 unspecified atom stereocenters. The summed E-state index contributed by atoms with van der Waals surface area (Å²) in [5.74, 6) is -1.52. The van der Waals surface area contributed by atoms with Crippen LogP contribution in [0.1, 0.15) is 22.8 Å². The van der Waals surface area contributed by atoms with Gasteiger partial charge < -0.3 is 14.8 Å². The molecule has 0 aliphatic heterocycles. The van der Waals surface area contributed by atoms with E-state index in [1.807, 2.05) is 13.0 Å². The van der Waals surface area contributed by atoms with E-state index < -0.39 is 28.9 Å². The second-order valence-electron chi connectivity index (χ2n) is 5.16. The molecule has 2 rings (SSSR count). The van der Waals surface area contributed by atoms with Gasteiger partial charge >= 0.3 is 6.61 Å². The van der Waals surface area contributed by atoms with E-state index in [4.69, 9.17) is 4.74 Å². The lowest BCUT2D eigenvalue weighted by Gasteiger charge is -2.12. The molecule has 0 saturated carbocycles. The van der Waals surface area contributed by atoms with Crippen LogP contribution in [0.3, 0.4) is 0 Å². The van der Waals surface area contributed by atoms with Gasteiger partial charge in [-0.05, 0) is 24.1 Å². The molecule has 0 heterocycles. The van der Waals surface area contributed by atoms with E-state index in [-0.39, 0.29) is 11.3 Å². The van der Waals surface area contributed by atoms with E-state index in [1.165, 1.54) is 7.11 Å². The number of nitro benzene ring substituents is 1. The number of nitrogens with zero attached hydrogens (tertiary/aromatic N) is 1. The fourth-order valence-electron chi connectivity index (χ4n) is 2.30. The number of benzene rings is 2. The third-order valence-corrected chi connectivity index (χ3v) is 3.53. The number of carbonyl (C=O) groups excluding carboxylic acids is 1. The van der Waals surface area contributed by atoms with Crippen LogP contribution in [0.4, 0.5) is 20.2 Å². The van der Waals surface area contributed by atoms with E-state index in [1.54, 1.807) is 18.2 Å². The Balaban J connectivity index is 2.42. The number of nitro groups is 1. The van der Waals surface area contributed by atoms with Gasteiger partial charge in [-0.15, -0.1) is 0 Å². The predicted octanol–water partition coefficient (Wildman–Crippen LogP) is 4.02. The maximum absolute atomic E-state index is 12.5. The molecule has 1 amide bonds. The molecule has 138 valence electrons. The molecule has 0 aliphatic carbocycles. The highest BCUT2D eigenvalue weighted by Crippen LogP contribution is 2.36. The zero-order valence-corrected chi connectivity index (χ0v) is 14.0. The molecule has 2 aromatic rings. The quantitative estimate of drug-likeness (QED) is 0.590. The van der Waals surface area contributed by atoms with Crippen LogP contribution < -0.4 is 14.8 Å². The molecule has 0 aliphatic rings. The molecule has 26 heavy (non-hydrogen) atoms. The summed E-state index contributed by atoms with van der Waals surface area (Å²) >= 11 is 0. The molecule has 2 aromatic carbocycles.